The average molecular weight is 340 g/mol. The molecule has 0 atom stereocenters. The van der Waals surface area contributed by atoms with E-state index in [1.165, 1.54) is 16.7 Å². The van der Waals surface area contributed by atoms with Gasteiger partial charge in [-0.05, 0) is 30.2 Å². The van der Waals surface area contributed by atoms with Crippen molar-refractivity contribution in [2.24, 2.45) is 0 Å². The lowest BCUT2D eigenvalue weighted by molar-refractivity contribution is 0.122. The van der Waals surface area contributed by atoms with E-state index in [1.54, 1.807) is 14.2 Å². The highest BCUT2D eigenvalue weighted by Gasteiger charge is 2.17. The van der Waals surface area contributed by atoms with Crippen molar-refractivity contribution in [2.75, 3.05) is 40.4 Å². The number of aryl methyl sites for hydroxylation is 1. The first-order chi connectivity index (χ1) is 12.2. The molecular formula is C21H28N2O2. The van der Waals surface area contributed by atoms with Crippen LogP contribution in [0.3, 0.4) is 0 Å². The van der Waals surface area contributed by atoms with E-state index < -0.39 is 0 Å². The Morgan fingerprint density at radius 3 is 1.84 bits per heavy atom. The summed E-state index contributed by atoms with van der Waals surface area (Å²) in [4.78, 5) is 5.04. The molecule has 4 heteroatoms. The van der Waals surface area contributed by atoms with E-state index in [2.05, 4.69) is 53.1 Å². The molecule has 2 aromatic rings. The molecule has 0 amide bonds. The molecule has 3 rings (SSSR count). The second-order valence-corrected chi connectivity index (χ2v) is 6.76. The highest BCUT2D eigenvalue weighted by molar-refractivity contribution is 5.38. The fraction of sp³-hybridized carbons (Fsp3) is 0.429. The Morgan fingerprint density at radius 2 is 1.32 bits per heavy atom. The summed E-state index contributed by atoms with van der Waals surface area (Å²) in [5.74, 6) is 1.71. The maximum absolute atomic E-state index is 5.37. The predicted octanol–water partition coefficient (Wildman–Crippen LogP) is 3.33. The van der Waals surface area contributed by atoms with Crippen molar-refractivity contribution in [2.45, 2.75) is 20.0 Å². The summed E-state index contributed by atoms with van der Waals surface area (Å²) in [5, 5.41) is 0. The van der Waals surface area contributed by atoms with Crippen molar-refractivity contribution in [3.8, 4) is 11.5 Å². The third-order valence-corrected chi connectivity index (χ3v) is 4.77. The third-order valence-electron chi connectivity index (χ3n) is 4.77. The Balaban J connectivity index is 1.54. The lowest BCUT2D eigenvalue weighted by atomic mass is 10.1. The van der Waals surface area contributed by atoms with E-state index in [1.807, 2.05) is 6.07 Å². The molecule has 134 valence electrons. The highest BCUT2D eigenvalue weighted by atomic mass is 16.5. The van der Waals surface area contributed by atoms with Gasteiger partial charge in [0.25, 0.3) is 0 Å². The highest BCUT2D eigenvalue weighted by Crippen LogP contribution is 2.23. The Hall–Kier alpha value is -2.04. The number of rotatable bonds is 6. The SMILES string of the molecule is COc1cc(CN2CCN(Cc3cccc(C)c3)CC2)cc(OC)c1. The zero-order valence-corrected chi connectivity index (χ0v) is 15.5. The van der Waals surface area contributed by atoms with Crippen LogP contribution in [-0.4, -0.2) is 50.2 Å². The van der Waals surface area contributed by atoms with Gasteiger partial charge in [0, 0.05) is 45.3 Å². The van der Waals surface area contributed by atoms with Crippen LogP contribution in [0.15, 0.2) is 42.5 Å². The van der Waals surface area contributed by atoms with Gasteiger partial charge in [-0.15, -0.1) is 0 Å². The molecule has 2 aromatic carbocycles. The minimum atomic E-state index is 0.854. The number of benzene rings is 2. The maximum atomic E-state index is 5.37. The van der Waals surface area contributed by atoms with Gasteiger partial charge in [-0.1, -0.05) is 29.8 Å². The molecule has 0 N–H and O–H groups in total. The Kier molecular flexibility index (Phi) is 5.95. The van der Waals surface area contributed by atoms with Crippen LogP contribution in [0.4, 0.5) is 0 Å². The lowest BCUT2D eigenvalue weighted by Gasteiger charge is -2.34. The van der Waals surface area contributed by atoms with E-state index in [9.17, 15) is 0 Å². The third kappa shape index (κ3) is 4.97. The van der Waals surface area contributed by atoms with Crippen molar-refractivity contribution in [3.63, 3.8) is 0 Å². The van der Waals surface area contributed by atoms with Crippen molar-refractivity contribution in [1.82, 2.24) is 9.80 Å². The molecule has 0 bridgehead atoms. The molecule has 4 nitrogen and oxygen atoms in total. The quantitative estimate of drug-likeness (QED) is 0.805. The largest absolute Gasteiger partial charge is 0.497 e. The van der Waals surface area contributed by atoms with E-state index in [4.69, 9.17) is 9.47 Å². The Morgan fingerprint density at radius 1 is 0.760 bits per heavy atom. The van der Waals surface area contributed by atoms with Crippen molar-refractivity contribution < 1.29 is 9.47 Å². The van der Waals surface area contributed by atoms with E-state index >= 15 is 0 Å². The number of methoxy groups -OCH3 is 2. The molecule has 1 fully saturated rings. The molecule has 1 aliphatic heterocycles. The van der Waals surface area contributed by atoms with Crippen LogP contribution in [-0.2, 0) is 13.1 Å². The molecule has 1 heterocycles. The first-order valence-corrected chi connectivity index (χ1v) is 8.88. The van der Waals surface area contributed by atoms with Crippen LogP contribution in [0, 0.1) is 6.92 Å². The van der Waals surface area contributed by atoms with Crippen LogP contribution in [0.25, 0.3) is 0 Å². The van der Waals surface area contributed by atoms with Gasteiger partial charge in [-0.2, -0.15) is 0 Å². The van der Waals surface area contributed by atoms with Crippen LogP contribution < -0.4 is 9.47 Å². The second-order valence-electron chi connectivity index (χ2n) is 6.76. The number of hydrogen-bond acceptors (Lipinski definition) is 4. The summed E-state index contributed by atoms with van der Waals surface area (Å²) in [5.41, 5.74) is 3.98. The second kappa shape index (κ2) is 8.37. The molecule has 1 saturated heterocycles. The van der Waals surface area contributed by atoms with E-state index in [-0.39, 0.29) is 0 Å². The van der Waals surface area contributed by atoms with Gasteiger partial charge in [-0.3, -0.25) is 9.80 Å². The molecule has 0 radical (unpaired) electrons. The minimum absolute atomic E-state index is 0.854. The van der Waals surface area contributed by atoms with Gasteiger partial charge in [0.2, 0.25) is 0 Å². The maximum Gasteiger partial charge on any atom is 0.122 e. The van der Waals surface area contributed by atoms with E-state index in [0.29, 0.717) is 0 Å². The van der Waals surface area contributed by atoms with Crippen molar-refractivity contribution >= 4 is 0 Å². The molecule has 0 aromatic heterocycles. The summed E-state index contributed by atoms with van der Waals surface area (Å²) in [6.45, 7) is 8.53. The van der Waals surface area contributed by atoms with Gasteiger partial charge < -0.3 is 9.47 Å². The van der Waals surface area contributed by atoms with Crippen LogP contribution in [0.1, 0.15) is 16.7 Å². The summed E-state index contributed by atoms with van der Waals surface area (Å²) < 4.78 is 10.7. The summed E-state index contributed by atoms with van der Waals surface area (Å²) in [6.07, 6.45) is 0. The number of piperazine rings is 1. The molecule has 0 aliphatic carbocycles. The molecule has 0 saturated carbocycles. The fourth-order valence-corrected chi connectivity index (χ4v) is 3.39. The van der Waals surface area contributed by atoms with Crippen LogP contribution in [0.5, 0.6) is 11.5 Å². The average Bonchev–Trinajstić information content (AvgIpc) is 2.63. The van der Waals surface area contributed by atoms with Gasteiger partial charge in [-0.25, -0.2) is 0 Å². The van der Waals surface area contributed by atoms with Crippen LogP contribution in [0.2, 0.25) is 0 Å². The topological polar surface area (TPSA) is 24.9 Å². The number of hydrogen-bond donors (Lipinski definition) is 0. The Labute approximate surface area is 151 Å². The first kappa shape index (κ1) is 17.8. The molecule has 0 unspecified atom stereocenters. The van der Waals surface area contributed by atoms with E-state index in [0.717, 1.165) is 50.8 Å². The monoisotopic (exact) mass is 340 g/mol. The number of nitrogens with zero attached hydrogens (tertiary/aromatic N) is 2. The van der Waals surface area contributed by atoms with Crippen molar-refractivity contribution in [3.05, 3.63) is 59.2 Å². The first-order valence-electron chi connectivity index (χ1n) is 8.88. The predicted molar refractivity (Wildman–Crippen MR) is 101 cm³/mol. The summed E-state index contributed by atoms with van der Waals surface area (Å²) >= 11 is 0. The van der Waals surface area contributed by atoms with Gasteiger partial charge in [0.15, 0.2) is 0 Å². The van der Waals surface area contributed by atoms with Crippen molar-refractivity contribution in [1.29, 1.82) is 0 Å². The minimum Gasteiger partial charge on any atom is -0.497 e. The summed E-state index contributed by atoms with van der Waals surface area (Å²) in [6, 6.07) is 14.9. The molecule has 25 heavy (non-hydrogen) atoms. The summed E-state index contributed by atoms with van der Waals surface area (Å²) in [7, 11) is 3.39. The van der Waals surface area contributed by atoms with Crippen LogP contribution >= 0.6 is 0 Å². The van der Waals surface area contributed by atoms with Gasteiger partial charge in [0.05, 0.1) is 14.2 Å². The smallest absolute Gasteiger partial charge is 0.122 e. The molecule has 1 aliphatic rings. The lowest BCUT2D eigenvalue weighted by Crippen LogP contribution is -2.45. The zero-order chi connectivity index (χ0) is 17.6. The van der Waals surface area contributed by atoms with Gasteiger partial charge in [0.1, 0.15) is 11.5 Å². The fourth-order valence-electron chi connectivity index (χ4n) is 3.39. The standard InChI is InChI=1S/C21H28N2O2/c1-17-5-4-6-18(11-17)15-22-7-9-23(10-8-22)16-19-12-20(24-2)14-21(13-19)25-3/h4-6,11-14H,7-10,15-16H2,1-3H3. The molecule has 0 spiro atoms. The zero-order valence-electron chi connectivity index (χ0n) is 15.5. The molecular weight excluding hydrogens is 312 g/mol. The normalized spacial score (nSPS) is 16.0. The number of ether oxygens (including phenoxy) is 2. The Bertz CT molecular complexity index is 672. The van der Waals surface area contributed by atoms with Gasteiger partial charge >= 0.3 is 0 Å².